The van der Waals surface area contributed by atoms with Crippen LogP contribution in [-0.2, 0) is 0 Å². The molecule has 0 spiro atoms. The van der Waals surface area contributed by atoms with Crippen molar-refractivity contribution in [3.8, 4) is 0 Å². The highest BCUT2D eigenvalue weighted by molar-refractivity contribution is 9.10. The van der Waals surface area contributed by atoms with Crippen LogP contribution in [0.1, 0.15) is 6.92 Å². The predicted octanol–water partition coefficient (Wildman–Crippen LogP) is 3.61. The van der Waals surface area contributed by atoms with Gasteiger partial charge in [-0.15, -0.1) is 0 Å². The standard InChI is InChI=1S/C12H13Br2N3/c1-8(13)7-17(2)11-3-4-15-10-5-9(14)6-16-12(10)11/h3-6,8H,7H2,1-2H3. The van der Waals surface area contributed by atoms with E-state index in [1.165, 1.54) is 0 Å². The van der Waals surface area contributed by atoms with Crippen LogP contribution in [0.25, 0.3) is 11.0 Å². The van der Waals surface area contributed by atoms with Gasteiger partial charge in [-0.1, -0.05) is 22.9 Å². The van der Waals surface area contributed by atoms with Crippen LogP contribution in [0.4, 0.5) is 5.69 Å². The summed E-state index contributed by atoms with van der Waals surface area (Å²) in [7, 11) is 2.07. The predicted molar refractivity (Wildman–Crippen MR) is 78.9 cm³/mol. The maximum absolute atomic E-state index is 4.44. The number of alkyl halides is 1. The highest BCUT2D eigenvalue weighted by Crippen LogP contribution is 2.25. The van der Waals surface area contributed by atoms with E-state index in [1.54, 1.807) is 6.20 Å². The zero-order valence-corrected chi connectivity index (χ0v) is 12.9. The lowest BCUT2D eigenvalue weighted by molar-refractivity contribution is 0.879. The molecule has 2 heterocycles. The Labute approximate surface area is 118 Å². The topological polar surface area (TPSA) is 29.0 Å². The third-order valence-corrected chi connectivity index (χ3v) is 3.18. The molecular weight excluding hydrogens is 346 g/mol. The molecule has 2 aromatic rings. The van der Waals surface area contributed by atoms with E-state index in [4.69, 9.17) is 0 Å². The van der Waals surface area contributed by atoms with E-state index in [1.807, 2.05) is 18.3 Å². The number of aromatic nitrogens is 2. The lowest BCUT2D eigenvalue weighted by atomic mass is 10.2. The lowest BCUT2D eigenvalue weighted by Gasteiger charge is -2.21. The van der Waals surface area contributed by atoms with Crippen molar-refractivity contribution in [2.75, 3.05) is 18.5 Å². The van der Waals surface area contributed by atoms with E-state index in [0.29, 0.717) is 4.83 Å². The van der Waals surface area contributed by atoms with Crippen molar-refractivity contribution in [3.05, 3.63) is 29.0 Å². The van der Waals surface area contributed by atoms with E-state index in [0.717, 1.165) is 27.7 Å². The molecule has 0 fully saturated rings. The van der Waals surface area contributed by atoms with E-state index < -0.39 is 0 Å². The average molecular weight is 359 g/mol. The van der Waals surface area contributed by atoms with Gasteiger partial charge in [-0.3, -0.25) is 9.97 Å². The largest absolute Gasteiger partial charge is 0.372 e. The molecule has 1 atom stereocenters. The van der Waals surface area contributed by atoms with Gasteiger partial charge in [0.1, 0.15) is 5.52 Å². The molecule has 0 saturated heterocycles. The molecule has 2 rings (SSSR count). The molecule has 2 aromatic heterocycles. The molecule has 90 valence electrons. The van der Waals surface area contributed by atoms with Crippen LogP contribution >= 0.6 is 31.9 Å². The Balaban J connectivity index is 2.47. The maximum atomic E-state index is 4.44. The summed E-state index contributed by atoms with van der Waals surface area (Å²) in [6.45, 7) is 3.06. The van der Waals surface area contributed by atoms with Gasteiger partial charge in [0.25, 0.3) is 0 Å². The van der Waals surface area contributed by atoms with Crippen LogP contribution in [0, 0.1) is 0 Å². The fourth-order valence-electron chi connectivity index (χ4n) is 1.78. The van der Waals surface area contributed by atoms with E-state index >= 15 is 0 Å². The molecule has 3 nitrogen and oxygen atoms in total. The van der Waals surface area contributed by atoms with Crippen LogP contribution in [0.2, 0.25) is 0 Å². The molecule has 0 N–H and O–H groups in total. The molecule has 0 radical (unpaired) electrons. The molecule has 17 heavy (non-hydrogen) atoms. The zero-order chi connectivity index (χ0) is 12.4. The highest BCUT2D eigenvalue weighted by atomic mass is 79.9. The second-order valence-corrected chi connectivity index (χ2v) is 6.49. The summed E-state index contributed by atoms with van der Waals surface area (Å²) in [6, 6.07) is 3.98. The first-order valence-electron chi connectivity index (χ1n) is 5.33. The Morgan fingerprint density at radius 2 is 2.18 bits per heavy atom. The maximum Gasteiger partial charge on any atom is 0.112 e. The first-order chi connectivity index (χ1) is 8.08. The Bertz CT molecular complexity index is 528. The van der Waals surface area contributed by atoms with E-state index in [9.17, 15) is 0 Å². The number of anilines is 1. The van der Waals surface area contributed by atoms with Crippen LogP contribution in [0.5, 0.6) is 0 Å². The number of pyridine rings is 2. The number of nitrogens with zero attached hydrogens (tertiary/aromatic N) is 3. The van der Waals surface area contributed by atoms with Gasteiger partial charge >= 0.3 is 0 Å². The van der Waals surface area contributed by atoms with E-state index in [2.05, 4.69) is 60.7 Å². The number of hydrogen-bond acceptors (Lipinski definition) is 3. The second kappa shape index (κ2) is 5.31. The summed E-state index contributed by atoms with van der Waals surface area (Å²) in [5.74, 6) is 0. The molecule has 1 unspecified atom stereocenters. The van der Waals surface area contributed by atoms with Crippen molar-refractivity contribution in [2.24, 2.45) is 0 Å². The average Bonchev–Trinajstić information content (AvgIpc) is 2.26. The smallest absolute Gasteiger partial charge is 0.112 e. The third kappa shape index (κ3) is 2.96. The summed E-state index contributed by atoms with van der Waals surface area (Å²) in [5, 5.41) is 0. The van der Waals surface area contributed by atoms with Crippen LogP contribution < -0.4 is 4.90 Å². The summed E-state index contributed by atoms with van der Waals surface area (Å²) in [6.07, 6.45) is 3.63. The normalized spacial score (nSPS) is 12.7. The molecule has 0 bridgehead atoms. The van der Waals surface area contributed by atoms with Crippen molar-refractivity contribution in [1.82, 2.24) is 9.97 Å². The SMILES string of the molecule is CC(Br)CN(C)c1ccnc2cc(Br)cnc12. The first-order valence-corrected chi connectivity index (χ1v) is 7.04. The van der Waals surface area contributed by atoms with Crippen molar-refractivity contribution < 1.29 is 0 Å². The molecule has 0 saturated carbocycles. The van der Waals surface area contributed by atoms with Gasteiger partial charge in [-0.25, -0.2) is 0 Å². The van der Waals surface area contributed by atoms with Crippen LogP contribution in [-0.4, -0.2) is 28.4 Å². The quantitative estimate of drug-likeness (QED) is 0.785. The summed E-state index contributed by atoms with van der Waals surface area (Å²) in [4.78, 5) is 11.4. The van der Waals surface area contributed by atoms with Crippen molar-refractivity contribution in [2.45, 2.75) is 11.8 Å². The minimum Gasteiger partial charge on any atom is -0.372 e. The molecule has 0 aliphatic rings. The van der Waals surface area contributed by atoms with Crippen LogP contribution in [0.3, 0.4) is 0 Å². The monoisotopic (exact) mass is 357 g/mol. The van der Waals surface area contributed by atoms with Gasteiger partial charge in [0, 0.05) is 35.3 Å². The van der Waals surface area contributed by atoms with Crippen molar-refractivity contribution in [1.29, 1.82) is 0 Å². The molecule has 0 aliphatic heterocycles. The number of hydrogen-bond donors (Lipinski definition) is 0. The van der Waals surface area contributed by atoms with Crippen molar-refractivity contribution in [3.63, 3.8) is 0 Å². The summed E-state index contributed by atoms with van der Waals surface area (Å²) >= 11 is 6.97. The molecule has 5 heteroatoms. The third-order valence-electron chi connectivity index (χ3n) is 2.46. The van der Waals surface area contributed by atoms with Crippen LogP contribution in [0.15, 0.2) is 29.0 Å². The Kier molecular flexibility index (Phi) is 3.99. The van der Waals surface area contributed by atoms with Gasteiger partial charge in [-0.05, 0) is 28.1 Å². The Morgan fingerprint density at radius 1 is 1.41 bits per heavy atom. The fourth-order valence-corrected chi connectivity index (χ4v) is 2.53. The zero-order valence-electron chi connectivity index (χ0n) is 9.69. The number of rotatable bonds is 3. The lowest BCUT2D eigenvalue weighted by Crippen LogP contribution is -2.24. The highest BCUT2D eigenvalue weighted by Gasteiger charge is 2.10. The molecular formula is C12H13Br2N3. The van der Waals surface area contributed by atoms with Gasteiger partial charge in [0.2, 0.25) is 0 Å². The van der Waals surface area contributed by atoms with E-state index in [-0.39, 0.29) is 0 Å². The molecule has 0 aliphatic carbocycles. The Morgan fingerprint density at radius 3 is 2.88 bits per heavy atom. The molecule has 0 amide bonds. The van der Waals surface area contributed by atoms with Gasteiger partial charge in [0.15, 0.2) is 0 Å². The van der Waals surface area contributed by atoms with Crippen molar-refractivity contribution >= 4 is 48.6 Å². The van der Waals surface area contributed by atoms with Gasteiger partial charge < -0.3 is 4.90 Å². The first kappa shape index (κ1) is 12.8. The number of fused-ring (bicyclic) bond motifs is 1. The minimum absolute atomic E-state index is 0.436. The minimum atomic E-state index is 0.436. The molecule has 0 aromatic carbocycles. The van der Waals surface area contributed by atoms with Gasteiger partial charge in [0.05, 0.1) is 11.2 Å². The fraction of sp³-hybridized carbons (Fsp3) is 0.333. The number of halogens is 2. The summed E-state index contributed by atoms with van der Waals surface area (Å²) in [5.41, 5.74) is 2.95. The summed E-state index contributed by atoms with van der Waals surface area (Å²) < 4.78 is 0.950. The Hall–Kier alpha value is -0.680. The second-order valence-electron chi connectivity index (χ2n) is 4.01. The van der Waals surface area contributed by atoms with Gasteiger partial charge in [-0.2, -0.15) is 0 Å².